The molecular weight excluding hydrogens is 454 g/mol. The minimum absolute atomic E-state index is 0.0480. The SMILES string of the molecule is O=C(NCc1ccc2c(c1)OCO2)[C@@H]1CC(=O)N(c2ccc(OCC(=O)N3CCOCC3)cc2)C1. The Hall–Kier alpha value is -3.79. The van der Waals surface area contributed by atoms with E-state index in [1.54, 1.807) is 34.1 Å². The van der Waals surface area contributed by atoms with Crippen molar-refractivity contribution in [2.75, 3.05) is 51.1 Å². The van der Waals surface area contributed by atoms with E-state index < -0.39 is 5.92 Å². The number of morpholine rings is 1. The monoisotopic (exact) mass is 481 g/mol. The fraction of sp³-hybridized carbons (Fsp3) is 0.400. The van der Waals surface area contributed by atoms with Crippen molar-refractivity contribution in [2.24, 2.45) is 5.92 Å². The molecule has 0 radical (unpaired) electrons. The predicted molar refractivity (Wildman–Crippen MR) is 124 cm³/mol. The van der Waals surface area contributed by atoms with Gasteiger partial charge in [-0.25, -0.2) is 0 Å². The number of rotatable bonds is 7. The van der Waals surface area contributed by atoms with Gasteiger partial charge in [-0.2, -0.15) is 0 Å². The van der Waals surface area contributed by atoms with E-state index in [2.05, 4.69) is 5.32 Å². The summed E-state index contributed by atoms with van der Waals surface area (Å²) in [6.45, 7) is 3.03. The smallest absolute Gasteiger partial charge is 0.260 e. The Balaban J connectivity index is 1.11. The third-order valence-corrected chi connectivity index (χ3v) is 6.27. The molecule has 1 atom stereocenters. The van der Waals surface area contributed by atoms with E-state index in [1.807, 2.05) is 18.2 Å². The molecule has 0 bridgehead atoms. The van der Waals surface area contributed by atoms with Crippen LogP contribution >= 0.6 is 0 Å². The zero-order valence-electron chi connectivity index (χ0n) is 19.2. The lowest BCUT2D eigenvalue weighted by molar-refractivity contribution is -0.137. The summed E-state index contributed by atoms with van der Waals surface area (Å²) >= 11 is 0. The highest BCUT2D eigenvalue weighted by Crippen LogP contribution is 2.32. The third-order valence-electron chi connectivity index (χ3n) is 6.27. The number of ether oxygens (including phenoxy) is 4. The Morgan fingerprint density at radius 2 is 1.80 bits per heavy atom. The maximum Gasteiger partial charge on any atom is 0.260 e. The van der Waals surface area contributed by atoms with Crippen molar-refractivity contribution in [2.45, 2.75) is 13.0 Å². The van der Waals surface area contributed by atoms with Crippen LogP contribution in [0.5, 0.6) is 17.2 Å². The molecule has 0 aliphatic carbocycles. The van der Waals surface area contributed by atoms with Crippen molar-refractivity contribution >= 4 is 23.4 Å². The molecule has 2 saturated heterocycles. The average Bonchev–Trinajstić information content (AvgIpc) is 3.53. The molecule has 2 aromatic rings. The Morgan fingerprint density at radius 1 is 1.03 bits per heavy atom. The van der Waals surface area contributed by atoms with Gasteiger partial charge in [0.1, 0.15) is 5.75 Å². The minimum atomic E-state index is -0.432. The van der Waals surface area contributed by atoms with E-state index >= 15 is 0 Å². The first-order valence-electron chi connectivity index (χ1n) is 11.6. The summed E-state index contributed by atoms with van der Waals surface area (Å²) in [5.74, 6) is 1.11. The van der Waals surface area contributed by atoms with Gasteiger partial charge in [-0.15, -0.1) is 0 Å². The molecule has 3 amide bonds. The highest BCUT2D eigenvalue weighted by atomic mass is 16.7. The molecule has 3 heterocycles. The average molecular weight is 482 g/mol. The number of hydrogen-bond donors (Lipinski definition) is 1. The van der Waals surface area contributed by atoms with Crippen LogP contribution in [-0.4, -0.2) is 68.9 Å². The van der Waals surface area contributed by atoms with E-state index in [0.29, 0.717) is 62.3 Å². The van der Waals surface area contributed by atoms with Gasteiger partial charge in [-0.3, -0.25) is 14.4 Å². The molecule has 1 N–H and O–H groups in total. The topological polar surface area (TPSA) is 107 Å². The number of anilines is 1. The van der Waals surface area contributed by atoms with Gasteiger partial charge in [-0.05, 0) is 42.0 Å². The molecule has 10 heteroatoms. The first-order chi connectivity index (χ1) is 17.1. The molecule has 2 fully saturated rings. The summed E-state index contributed by atoms with van der Waals surface area (Å²) in [4.78, 5) is 40.8. The van der Waals surface area contributed by atoms with E-state index in [9.17, 15) is 14.4 Å². The lowest BCUT2D eigenvalue weighted by Gasteiger charge is -2.26. The predicted octanol–water partition coefficient (Wildman–Crippen LogP) is 1.32. The molecule has 3 aliphatic heterocycles. The number of nitrogens with zero attached hydrogens (tertiary/aromatic N) is 2. The first kappa shape index (κ1) is 23.0. The van der Waals surface area contributed by atoms with Crippen molar-refractivity contribution in [1.29, 1.82) is 0 Å². The molecule has 35 heavy (non-hydrogen) atoms. The number of benzene rings is 2. The van der Waals surface area contributed by atoms with Crippen LogP contribution in [0.2, 0.25) is 0 Å². The quantitative estimate of drug-likeness (QED) is 0.636. The van der Waals surface area contributed by atoms with Crippen LogP contribution in [0.25, 0.3) is 0 Å². The molecule has 10 nitrogen and oxygen atoms in total. The second kappa shape index (κ2) is 10.2. The molecule has 0 aromatic heterocycles. The van der Waals surface area contributed by atoms with Crippen LogP contribution in [0.15, 0.2) is 42.5 Å². The fourth-order valence-corrected chi connectivity index (χ4v) is 4.29. The summed E-state index contributed by atoms with van der Waals surface area (Å²) in [7, 11) is 0. The lowest BCUT2D eigenvalue weighted by Crippen LogP contribution is -2.42. The minimum Gasteiger partial charge on any atom is -0.484 e. The number of carbonyl (C=O) groups is 3. The highest BCUT2D eigenvalue weighted by Gasteiger charge is 2.35. The largest absolute Gasteiger partial charge is 0.484 e. The van der Waals surface area contributed by atoms with E-state index in [-0.39, 0.29) is 37.5 Å². The van der Waals surface area contributed by atoms with Crippen molar-refractivity contribution in [1.82, 2.24) is 10.2 Å². The van der Waals surface area contributed by atoms with Crippen LogP contribution in [0, 0.1) is 5.92 Å². The Bertz CT molecular complexity index is 1100. The summed E-state index contributed by atoms with van der Waals surface area (Å²) in [5.41, 5.74) is 1.58. The number of nitrogens with one attached hydrogen (secondary N) is 1. The molecule has 0 unspecified atom stereocenters. The van der Waals surface area contributed by atoms with Gasteiger partial charge in [-0.1, -0.05) is 6.07 Å². The highest BCUT2D eigenvalue weighted by molar-refractivity contribution is 6.00. The van der Waals surface area contributed by atoms with E-state index in [4.69, 9.17) is 18.9 Å². The van der Waals surface area contributed by atoms with Gasteiger partial charge < -0.3 is 34.1 Å². The zero-order chi connectivity index (χ0) is 24.2. The zero-order valence-corrected chi connectivity index (χ0v) is 19.2. The van der Waals surface area contributed by atoms with Crippen molar-refractivity contribution in [3.63, 3.8) is 0 Å². The van der Waals surface area contributed by atoms with Crippen molar-refractivity contribution < 1.29 is 33.3 Å². The van der Waals surface area contributed by atoms with Gasteiger partial charge in [0.25, 0.3) is 5.91 Å². The molecule has 0 spiro atoms. The Morgan fingerprint density at radius 3 is 2.60 bits per heavy atom. The second-order valence-electron chi connectivity index (χ2n) is 8.59. The molecule has 184 valence electrons. The van der Waals surface area contributed by atoms with Gasteiger partial charge in [0.2, 0.25) is 18.6 Å². The molecule has 3 aliphatic rings. The number of amides is 3. The van der Waals surface area contributed by atoms with Gasteiger partial charge in [0.05, 0.1) is 19.1 Å². The summed E-state index contributed by atoms with van der Waals surface area (Å²) in [6.07, 6.45) is 0.152. The van der Waals surface area contributed by atoms with Gasteiger partial charge in [0, 0.05) is 38.3 Å². The maximum absolute atomic E-state index is 12.7. The van der Waals surface area contributed by atoms with Crippen LogP contribution in [0.1, 0.15) is 12.0 Å². The van der Waals surface area contributed by atoms with Crippen LogP contribution in [-0.2, 0) is 25.7 Å². The molecule has 5 rings (SSSR count). The van der Waals surface area contributed by atoms with Crippen LogP contribution in [0.4, 0.5) is 5.69 Å². The molecular formula is C25H27N3O7. The van der Waals surface area contributed by atoms with E-state index in [1.165, 1.54) is 0 Å². The Kier molecular flexibility index (Phi) is 6.71. The Labute approximate surface area is 202 Å². The summed E-state index contributed by atoms with van der Waals surface area (Å²) in [5, 5.41) is 2.91. The van der Waals surface area contributed by atoms with Crippen LogP contribution < -0.4 is 24.4 Å². The van der Waals surface area contributed by atoms with Crippen LogP contribution in [0.3, 0.4) is 0 Å². The van der Waals surface area contributed by atoms with Crippen molar-refractivity contribution in [3.8, 4) is 17.2 Å². The maximum atomic E-state index is 12.7. The molecule has 0 saturated carbocycles. The summed E-state index contributed by atoms with van der Waals surface area (Å²) < 4.78 is 21.5. The number of fused-ring (bicyclic) bond motifs is 1. The number of carbonyl (C=O) groups excluding carboxylic acids is 3. The first-order valence-corrected chi connectivity index (χ1v) is 11.6. The molecule has 2 aromatic carbocycles. The second-order valence-corrected chi connectivity index (χ2v) is 8.59. The fourth-order valence-electron chi connectivity index (χ4n) is 4.29. The standard InChI is InChI=1S/C25H27N3O7/c29-23-12-18(25(31)26-13-17-1-6-21-22(11-17)35-16-34-21)14-28(23)19-2-4-20(5-3-19)33-15-24(30)27-7-9-32-10-8-27/h1-6,11,18H,7-10,12-16H2,(H,26,31)/t18-/m1/s1. The van der Waals surface area contributed by atoms with Crippen molar-refractivity contribution in [3.05, 3.63) is 48.0 Å². The van der Waals surface area contributed by atoms with Gasteiger partial charge in [0.15, 0.2) is 18.1 Å². The summed E-state index contributed by atoms with van der Waals surface area (Å²) in [6, 6.07) is 12.5. The lowest BCUT2D eigenvalue weighted by atomic mass is 10.1. The third kappa shape index (κ3) is 5.32. The van der Waals surface area contributed by atoms with Gasteiger partial charge >= 0.3 is 0 Å². The normalized spacial score (nSPS) is 19.1. The van der Waals surface area contributed by atoms with E-state index in [0.717, 1.165) is 5.56 Å². The number of hydrogen-bond acceptors (Lipinski definition) is 7.